The number of hydrogen-bond donors (Lipinski definition) is 2. The maximum Gasteiger partial charge on any atom is 0.271 e. The number of aromatic hydroxyl groups is 1. The van der Waals surface area contributed by atoms with Crippen LogP contribution < -0.4 is 15.0 Å². The normalized spacial score (nSPS) is 13.0. The van der Waals surface area contributed by atoms with Crippen molar-refractivity contribution < 1.29 is 24.4 Å². The van der Waals surface area contributed by atoms with Crippen molar-refractivity contribution in [2.45, 2.75) is 0 Å². The van der Waals surface area contributed by atoms with E-state index in [1.165, 1.54) is 30.3 Å². The van der Waals surface area contributed by atoms with Crippen LogP contribution in [0, 0.1) is 10.1 Å². The number of rotatable bonds is 4. The molecule has 0 aliphatic carbocycles. The van der Waals surface area contributed by atoms with Gasteiger partial charge in [0.15, 0.2) is 6.61 Å². The Labute approximate surface area is 151 Å². The topological polar surface area (TPSA) is 122 Å². The molecule has 2 aromatic carbocycles. The maximum absolute atomic E-state index is 12.3. The van der Waals surface area contributed by atoms with Crippen LogP contribution in [0.2, 0.25) is 5.02 Å². The summed E-state index contributed by atoms with van der Waals surface area (Å²) in [5.74, 6) is -1.07. The molecule has 10 heteroatoms. The van der Waals surface area contributed by atoms with E-state index in [0.29, 0.717) is 5.02 Å². The number of phenols is 1. The van der Waals surface area contributed by atoms with Gasteiger partial charge in [-0.3, -0.25) is 24.6 Å². The molecule has 3 rings (SSSR count). The zero-order valence-electron chi connectivity index (χ0n) is 13.1. The second-order valence-electron chi connectivity index (χ2n) is 5.39. The van der Waals surface area contributed by atoms with Crippen LogP contribution in [0.15, 0.2) is 36.4 Å². The van der Waals surface area contributed by atoms with Gasteiger partial charge in [0.1, 0.15) is 18.0 Å². The summed E-state index contributed by atoms with van der Waals surface area (Å²) in [5.41, 5.74) is -0.0247. The van der Waals surface area contributed by atoms with Gasteiger partial charge in [-0.05, 0) is 24.3 Å². The van der Waals surface area contributed by atoms with E-state index in [4.69, 9.17) is 16.3 Å². The Kier molecular flexibility index (Phi) is 4.63. The fraction of sp³-hybridized carbons (Fsp3) is 0.125. The highest BCUT2D eigenvalue weighted by Crippen LogP contribution is 2.35. The van der Waals surface area contributed by atoms with E-state index >= 15 is 0 Å². The van der Waals surface area contributed by atoms with Gasteiger partial charge in [-0.15, -0.1) is 0 Å². The average molecular weight is 378 g/mol. The van der Waals surface area contributed by atoms with Crippen LogP contribution in [0.3, 0.4) is 0 Å². The van der Waals surface area contributed by atoms with E-state index in [9.17, 15) is 24.8 Å². The molecule has 2 N–H and O–H groups in total. The highest BCUT2D eigenvalue weighted by molar-refractivity contribution is 6.31. The molecule has 0 bridgehead atoms. The SMILES string of the molecule is O=C(CN1C(=O)COc2ccc([N+](=O)[O-])cc21)Nc1cc(Cl)ccc1O. The second kappa shape index (κ2) is 6.89. The van der Waals surface area contributed by atoms with Crippen molar-refractivity contribution in [2.75, 3.05) is 23.4 Å². The van der Waals surface area contributed by atoms with Gasteiger partial charge in [-0.25, -0.2) is 0 Å². The van der Waals surface area contributed by atoms with Crippen LogP contribution in [0.25, 0.3) is 0 Å². The Morgan fingerprint density at radius 3 is 2.85 bits per heavy atom. The molecule has 9 nitrogen and oxygen atoms in total. The molecule has 134 valence electrons. The van der Waals surface area contributed by atoms with Gasteiger partial charge in [0.25, 0.3) is 11.6 Å². The predicted molar refractivity (Wildman–Crippen MR) is 92.7 cm³/mol. The number of ether oxygens (including phenoxy) is 1. The molecule has 0 fully saturated rings. The summed E-state index contributed by atoms with van der Waals surface area (Å²) >= 11 is 5.82. The van der Waals surface area contributed by atoms with Crippen molar-refractivity contribution in [1.29, 1.82) is 0 Å². The number of nitro groups is 1. The first-order valence-corrected chi connectivity index (χ1v) is 7.73. The zero-order chi connectivity index (χ0) is 18.8. The van der Waals surface area contributed by atoms with Crippen molar-refractivity contribution in [1.82, 2.24) is 0 Å². The molecule has 2 aromatic rings. The molecule has 0 atom stereocenters. The van der Waals surface area contributed by atoms with E-state index in [1.54, 1.807) is 0 Å². The van der Waals surface area contributed by atoms with Gasteiger partial charge >= 0.3 is 0 Å². The van der Waals surface area contributed by atoms with Crippen molar-refractivity contribution in [3.8, 4) is 11.5 Å². The van der Waals surface area contributed by atoms with Crippen LogP contribution in [0.1, 0.15) is 0 Å². The molecule has 0 spiro atoms. The fourth-order valence-electron chi connectivity index (χ4n) is 2.42. The van der Waals surface area contributed by atoms with Gasteiger partial charge in [-0.2, -0.15) is 0 Å². The first-order chi connectivity index (χ1) is 12.3. The molecule has 1 aliphatic heterocycles. The van der Waals surface area contributed by atoms with E-state index in [2.05, 4.69) is 5.32 Å². The number of benzene rings is 2. The zero-order valence-corrected chi connectivity index (χ0v) is 13.9. The Balaban J connectivity index is 1.84. The third kappa shape index (κ3) is 3.52. The first-order valence-electron chi connectivity index (χ1n) is 7.35. The van der Waals surface area contributed by atoms with Gasteiger partial charge in [0.2, 0.25) is 5.91 Å². The monoisotopic (exact) mass is 377 g/mol. The lowest BCUT2D eigenvalue weighted by molar-refractivity contribution is -0.384. The molecule has 0 radical (unpaired) electrons. The largest absolute Gasteiger partial charge is 0.506 e. The molecule has 26 heavy (non-hydrogen) atoms. The number of hydrogen-bond acceptors (Lipinski definition) is 6. The van der Waals surface area contributed by atoms with Crippen LogP contribution in [0.4, 0.5) is 17.1 Å². The first kappa shape index (κ1) is 17.5. The third-order valence-electron chi connectivity index (χ3n) is 3.63. The van der Waals surface area contributed by atoms with Crippen molar-refractivity contribution >= 4 is 40.5 Å². The lowest BCUT2D eigenvalue weighted by Gasteiger charge is -2.28. The quantitative estimate of drug-likeness (QED) is 0.479. The Morgan fingerprint density at radius 2 is 2.12 bits per heavy atom. The van der Waals surface area contributed by atoms with Crippen molar-refractivity contribution in [3.05, 3.63) is 51.5 Å². The molecule has 2 amide bonds. The number of amides is 2. The second-order valence-corrected chi connectivity index (χ2v) is 5.82. The van der Waals surface area contributed by atoms with Crippen LogP contribution in [0.5, 0.6) is 11.5 Å². The van der Waals surface area contributed by atoms with E-state index < -0.39 is 23.3 Å². The Bertz CT molecular complexity index is 917. The molecular weight excluding hydrogens is 366 g/mol. The summed E-state index contributed by atoms with van der Waals surface area (Å²) in [6.07, 6.45) is 0. The molecular formula is C16H12ClN3O6. The molecule has 0 aromatic heterocycles. The maximum atomic E-state index is 12.3. The van der Waals surface area contributed by atoms with Crippen molar-refractivity contribution in [3.63, 3.8) is 0 Å². The molecule has 1 heterocycles. The summed E-state index contributed by atoms with van der Waals surface area (Å²) in [4.78, 5) is 35.8. The van der Waals surface area contributed by atoms with E-state index in [0.717, 1.165) is 11.0 Å². The standard InChI is InChI=1S/C16H12ClN3O6/c17-9-1-3-13(21)11(5-9)18-15(22)7-19-12-6-10(20(24)25)2-4-14(12)26-8-16(19)23/h1-6,21H,7-8H2,(H,18,22). The number of carbonyl (C=O) groups is 2. The van der Waals surface area contributed by atoms with Gasteiger partial charge in [-0.1, -0.05) is 11.6 Å². The molecule has 1 aliphatic rings. The molecule has 0 saturated carbocycles. The summed E-state index contributed by atoms with van der Waals surface area (Å²) in [6.45, 7) is -0.706. The van der Waals surface area contributed by atoms with Crippen molar-refractivity contribution in [2.24, 2.45) is 0 Å². The Hall–Kier alpha value is -3.33. The number of non-ortho nitro benzene ring substituents is 1. The number of carbonyl (C=O) groups excluding carboxylic acids is 2. The number of nitrogens with one attached hydrogen (secondary N) is 1. The number of nitro benzene ring substituents is 1. The fourth-order valence-corrected chi connectivity index (χ4v) is 2.59. The average Bonchev–Trinajstić information content (AvgIpc) is 2.60. The van der Waals surface area contributed by atoms with Gasteiger partial charge in [0.05, 0.1) is 16.3 Å². The Morgan fingerprint density at radius 1 is 1.35 bits per heavy atom. The minimum Gasteiger partial charge on any atom is -0.506 e. The summed E-state index contributed by atoms with van der Waals surface area (Å²) in [7, 11) is 0. The predicted octanol–water partition coefficient (Wildman–Crippen LogP) is 2.32. The molecule has 0 unspecified atom stereocenters. The minimum absolute atomic E-state index is 0.0856. The number of nitrogens with zero attached hydrogens (tertiary/aromatic N) is 2. The summed E-state index contributed by atoms with van der Waals surface area (Å²) in [5, 5.41) is 23.4. The van der Waals surface area contributed by atoms with E-state index in [1.807, 2.05) is 0 Å². The molecule has 0 saturated heterocycles. The highest BCUT2D eigenvalue weighted by atomic mass is 35.5. The smallest absolute Gasteiger partial charge is 0.271 e. The van der Waals surface area contributed by atoms with Gasteiger partial charge in [0, 0.05) is 17.2 Å². The number of anilines is 2. The third-order valence-corrected chi connectivity index (χ3v) is 3.87. The lowest BCUT2D eigenvalue weighted by Crippen LogP contribution is -2.43. The highest BCUT2D eigenvalue weighted by Gasteiger charge is 2.29. The van der Waals surface area contributed by atoms with Crippen LogP contribution in [-0.4, -0.2) is 35.0 Å². The van der Waals surface area contributed by atoms with Crippen LogP contribution >= 0.6 is 11.6 Å². The van der Waals surface area contributed by atoms with Crippen LogP contribution in [-0.2, 0) is 9.59 Å². The number of halogens is 1. The number of phenolic OH excluding ortho intramolecular Hbond substituents is 1. The summed E-state index contributed by atoms with van der Waals surface area (Å²) < 4.78 is 5.23. The summed E-state index contributed by atoms with van der Waals surface area (Å²) in [6, 6.07) is 7.90. The van der Waals surface area contributed by atoms with E-state index in [-0.39, 0.29) is 35.2 Å². The number of fused-ring (bicyclic) bond motifs is 1. The lowest BCUT2D eigenvalue weighted by atomic mass is 10.2. The minimum atomic E-state index is -0.615. The van der Waals surface area contributed by atoms with Gasteiger partial charge < -0.3 is 15.2 Å².